The highest BCUT2D eigenvalue weighted by Gasteiger charge is 2.23. The first-order chi connectivity index (χ1) is 9.61. The van der Waals surface area contributed by atoms with Crippen molar-refractivity contribution in [2.24, 2.45) is 0 Å². The molecule has 0 aromatic heterocycles. The normalized spacial score (nSPS) is 14.0. The first-order valence-electron chi connectivity index (χ1n) is 7.04. The molecule has 2 atom stereocenters. The van der Waals surface area contributed by atoms with Gasteiger partial charge in [0.1, 0.15) is 12.2 Å². The quantitative estimate of drug-likeness (QED) is 0.885. The van der Waals surface area contributed by atoms with E-state index >= 15 is 0 Å². The number of ether oxygens (including phenoxy) is 1. The van der Waals surface area contributed by atoms with Gasteiger partial charge in [-0.25, -0.2) is 0 Å². The Morgan fingerprint density at radius 3 is 2.10 bits per heavy atom. The number of hydrogen-bond acceptors (Lipinski definition) is 2. The summed E-state index contributed by atoms with van der Waals surface area (Å²) in [5, 5.41) is 10.7. The molecule has 2 rings (SSSR count). The maximum Gasteiger partial charge on any atom is 0.112 e. The van der Waals surface area contributed by atoms with Crippen molar-refractivity contribution < 1.29 is 9.84 Å². The van der Waals surface area contributed by atoms with Crippen molar-refractivity contribution >= 4 is 0 Å². The monoisotopic (exact) mass is 270 g/mol. The van der Waals surface area contributed by atoms with E-state index in [-0.39, 0.29) is 6.10 Å². The van der Waals surface area contributed by atoms with Crippen LogP contribution in [0.15, 0.2) is 48.5 Å². The van der Waals surface area contributed by atoms with Crippen LogP contribution in [0.2, 0.25) is 0 Å². The molecule has 0 radical (unpaired) electrons. The highest BCUT2D eigenvalue weighted by atomic mass is 16.5. The molecule has 0 aliphatic rings. The smallest absolute Gasteiger partial charge is 0.112 e. The van der Waals surface area contributed by atoms with Gasteiger partial charge in [-0.2, -0.15) is 0 Å². The van der Waals surface area contributed by atoms with Gasteiger partial charge in [-0.3, -0.25) is 0 Å². The lowest BCUT2D eigenvalue weighted by atomic mass is 9.95. The predicted molar refractivity (Wildman–Crippen MR) is 81.7 cm³/mol. The number of hydrogen-bond donors (Lipinski definition) is 1. The van der Waals surface area contributed by atoms with Crippen LogP contribution in [0.1, 0.15) is 41.4 Å². The molecule has 0 aliphatic heterocycles. The van der Waals surface area contributed by atoms with Crippen LogP contribution in [0.4, 0.5) is 0 Å². The van der Waals surface area contributed by atoms with Gasteiger partial charge in [0.15, 0.2) is 0 Å². The van der Waals surface area contributed by atoms with E-state index in [0.717, 1.165) is 22.3 Å². The van der Waals surface area contributed by atoms with Crippen molar-refractivity contribution in [2.75, 3.05) is 6.61 Å². The molecule has 0 spiro atoms. The Balaban J connectivity index is 2.33. The number of aliphatic hydroxyl groups is 1. The Bertz CT molecular complexity index is 528. The van der Waals surface area contributed by atoms with E-state index in [2.05, 4.69) is 6.07 Å². The topological polar surface area (TPSA) is 29.5 Å². The number of rotatable bonds is 5. The Morgan fingerprint density at radius 1 is 0.950 bits per heavy atom. The standard InChI is InChI=1S/C18H22O2/c1-4-20-18(15-8-6-5-7-9-15)17(19)16-11-13(2)10-14(3)12-16/h5-12,17-19H,4H2,1-3H3. The molecular weight excluding hydrogens is 248 g/mol. The first kappa shape index (κ1) is 14.8. The van der Waals surface area contributed by atoms with Crippen molar-refractivity contribution in [2.45, 2.75) is 33.0 Å². The third kappa shape index (κ3) is 3.47. The summed E-state index contributed by atoms with van der Waals surface area (Å²) in [6.07, 6.45) is -0.988. The molecule has 0 fully saturated rings. The summed E-state index contributed by atoms with van der Waals surface area (Å²) in [6, 6.07) is 16.0. The lowest BCUT2D eigenvalue weighted by Gasteiger charge is -2.24. The SMILES string of the molecule is CCOC(c1ccccc1)C(O)c1cc(C)cc(C)c1. The van der Waals surface area contributed by atoms with Gasteiger partial charge in [-0.05, 0) is 31.9 Å². The van der Waals surface area contributed by atoms with Crippen molar-refractivity contribution in [3.05, 3.63) is 70.8 Å². The largest absolute Gasteiger partial charge is 0.385 e. The lowest BCUT2D eigenvalue weighted by Crippen LogP contribution is -2.15. The second-order valence-electron chi connectivity index (χ2n) is 5.15. The molecule has 0 aliphatic carbocycles. The zero-order valence-electron chi connectivity index (χ0n) is 12.3. The Kier molecular flexibility index (Phi) is 4.94. The van der Waals surface area contributed by atoms with E-state index in [4.69, 9.17) is 4.74 Å². The number of aliphatic hydroxyl groups excluding tert-OH is 1. The zero-order valence-corrected chi connectivity index (χ0v) is 12.3. The van der Waals surface area contributed by atoms with E-state index in [1.807, 2.05) is 63.2 Å². The summed E-state index contributed by atoms with van der Waals surface area (Å²) in [6.45, 7) is 6.61. The highest BCUT2D eigenvalue weighted by Crippen LogP contribution is 2.32. The summed E-state index contributed by atoms with van der Waals surface area (Å²) in [5.74, 6) is 0. The Morgan fingerprint density at radius 2 is 1.55 bits per heavy atom. The highest BCUT2D eigenvalue weighted by molar-refractivity contribution is 5.32. The molecule has 2 heteroatoms. The minimum atomic E-state index is -0.657. The van der Waals surface area contributed by atoms with E-state index in [0.29, 0.717) is 6.61 Å². The first-order valence-corrected chi connectivity index (χ1v) is 7.04. The molecule has 2 aromatic carbocycles. The van der Waals surface area contributed by atoms with Crippen LogP contribution in [-0.4, -0.2) is 11.7 Å². The summed E-state index contributed by atoms with van der Waals surface area (Å²) in [7, 11) is 0. The molecule has 0 heterocycles. The zero-order chi connectivity index (χ0) is 14.5. The van der Waals surface area contributed by atoms with Gasteiger partial charge >= 0.3 is 0 Å². The molecule has 2 unspecified atom stereocenters. The van der Waals surface area contributed by atoms with Crippen molar-refractivity contribution in [3.63, 3.8) is 0 Å². The minimum Gasteiger partial charge on any atom is -0.385 e. The molecule has 2 nitrogen and oxygen atoms in total. The Labute approximate surface area is 121 Å². The summed E-state index contributed by atoms with van der Waals surface area (Å²) in [4.78, 5) is 0. The van der Waals surface area contributed by atoms with Crippen LogP contribution in [0, 0.1) is 13.8 Å². The molecule has 2 aromatic rings. The van der Waals surface area contributed by atoms with Gasteiger partial charge in [-0.15, -0.1) is 0 Å². The van der Waals surface area contributed by atoms with E-state index < -0.39 is 6.10 Å². The Hall–Kier alpha value is -1.64. The molecule has 0 saturated carbocycles. The molecule has 0 amide bonds. The fraction of sp³-hybridized carbons (Fsp3) is 0.333. The average molecular weight is 270 g/mol. The second-order valence-corrected chi connectivity index (χ2v) is 5.15. The molecule has 0 bridgehead atoms. The van der Waals surface area contributed by atoms with Crippen LogP contribution in [0.3, 0.4) is 0 Å². The van der Waals surface area contributed by atoms with Crippen LogP contribution in [-0.2, 0) is 4.74 Å². The van der Waals surface area contributed by atoms with E-state index in [1.54, 1.807) is 0 Å². The van der Waals surface area contributed by atoms with Gasteiger partial charge in [-0.1, -0.05) is 59.7 Å². The third-order valence-electron chi connectivity index (χ3n) is 3.35. The van der Waals surface area contributed by atoms with Crippen LogP contribution >= 0.6 is 0 Å². The number of benzene rings is 2. The summed E-state index contributed by atoms with van der Waals surface area (Å²) >= 11 is 0. The molecule has 0 saturated heterocycles. The van der Waals surface area contributed by atoms with Crippen LogP contribution in [0.5, 0.6) is 0 Å². The predicted octanol–water partition coefficient (Wildman–Crippen LogP) is 4.11. The second kappa shape index (κ2) is 6.69. The maximum absolute atomic E-state index is 10.7. The van der Waals surface area contributed by atoms with Crippen LogP contribution < -0.4 is 0 Å². The van der Waals surface area contributed by atoms with Crippen molar-refractivity contribution in [3.8, 4) is 0 Å². The number of aryl methyl sites for hydroxylation is 2. The van der Waals surface area contributed by atoms with Gasteiger partial charge in [0.05, 0.1) is 0 Å². The average Bonchev–Trinajstić information content (AvgIpc) is 2.44. The molecule has 1 N–H and O–H groups in total. The molecule has 20 heavy (non-hydrogen) atoms. The van der Waals surface area contributed by atoms with Crippen molar-refractivity contribution in [1.82, 2.24) is 0 Å². The van der Waals surface area contributed by atoms with Crippen molar-refractivity contribution in [1.29, 1.82) is 0 Å². The van der Waals surface area contributed by atoms with Crippen LogP contribution in [0.25, 0.3) is 0 Å². The van der Waals surface area contributed by atoms with Gasteiger partial charge in [0.2, 0.25) is 0 Å². The summed E-state index contributed by atoms with van der Waals surface area (Å²) in [5.41, 5.74) is 4.22. The fourth-order valence-corrected chi connectivity index (χ4v) is 2.55. The van der Waals surface area contributed by atoms with Gasteiger partial charge < -0.3 is 9.84 Å². The molecule has 106 valence electrons. The van der Waals surface area contributed by atoms with E-state index in [1.165, 1.54) is 0 Å². The fourth-order valence-electron chi connectivity index (χ4n) is 2.55. The van der Waals surface area contributed by atoms with E-state index in [9.17, 15) is 5.11 Å². The van der Waals surface area contributed by atoms with Gasteiger partial charge in [0.25, 0.3) is 0 Å². The molecular formula is C18H22O2. The minimum absolute atomic E-state index is 0.331. The maximum atomic E-state index is 10.7. The third-order valence-corrected chi connectivity index (χ3v) is 3.35. The lowest BCUT2D eigenvalue weighted by molar-refractivity contribution is -0.0362. The van der Waals surface area contributed by atoms with Gasteiger partial charge in [0, 0.05) is 6.61 Å². The summed E-state index contributed by atoms with van der Waals surface area (Å²) < 4.78 is 5.77.